The Morgan fingerprint density at radius 2 is 1.83 bits per heavy atom. The molecule has 0 bridgehead atoms. The van der Waals surface area contributed by atoms with Crippen molar-refractivity contribution in [1.82, 2.24) is 9.97 Å². The van der Waals surface area contributed by atoms with Crippen molar-refractivity contribution < 1.29 is 8.78 Å². The molecule has 3 nitrogen and oxygen atoms in total. The number of nitrogens with two attached hydrogens (primary N) is 1. The first-order valence-corrected chi connectivity index (χ1v) is 5.35. The van der Waals surface area contributed by atoms with E-state index < -0.39 is 11.6 Å². The van der Waals surface area contributed by atoms with Gasteiger partial charge in [0.2, 0.25) is 0 Å². The molecule has 0 atom stereocenters. The summed E-state index contributed by atoms with van der Waals surface area (Å²) in [5.74, 6) is -1.13. The van der Waals surface area contributed by atoms with Gasteiger partial charge in [0.1, 0.15) is 17.5 Å². The van der Waals surface area contributed by atoms with Crippen molar-refractivity contribution >= 4 is 16.7 Å². The fraction of sp³-hybridized carbons (Fsp3) is 0. The summed E-state index contributed by atoms with van der Waals surface area (Å²) in [5, 5.41) is 0. The lowest BCUT2D eigenvalue weighted by molar-refractivity contribution is 0.588. The highest BCUT2D eigenvalue weighted by Gasteiger charge is 2.13. The van der Waals surface area contributed by atoms with Gasteiger partial charge in [0.15, 0.2) is 0 Å². The van der Waals surface area contributed by atoms with Crippen LogP contribution >= 0.6 is 0 Å². The zero-order valence-electron chi connectivity index (χ0n) is 9.24. The number of nitrogens with zero attached hydrogens (tertiary/aromatic N) is 1. The summed E-state index contributed by atoms with van der Waals surface area (Å²) < 4.78 is 26.8. The van der Waals surface area contributed by atoms with E-state index >= 15 is 0 Å². The molecule has 0 radical (unpaired) electrons. The molecule has 0 fully saturated rings. The highest BCUT2D eigenvalue weighted by atomic mass is 19.1. The van der Waals surface area contributed by atoms with Crippen LogP contribution in [-0.2, 0) is 0 Å². The lowest BCUT2D eigenvalue weighted by Gasteiger charge is -2.02. The summed E-state index contributed by atoms with van der Waals surface area (Å²) in [6, 6.07) is 9.32. The predicted octanol–water partition coefficient (Wildman–Crippen LogP) is 3.09. The van der Waals surface area contributed by atoms with E-state index in [1.54, 1.807) is 6.07 Å². The van der Waals surface area contributed by atoms with E-state index in [4.69, 9.17) is 5.73 Å². The summed E-state index contributed by atoms with van der Waals surface area (Å²) in [7, 11) is 0. The quantitative estimate of drug-likeness (QED) is 0.647. The molecule has 0 aliphatic carbocycles. The van der Waals surface area contributed by atoms with Crippen molar-refractivity contribution in [2.24, 2.45) is 0 Å². The molecule has 0 aliphatic rings. The fourth-order valence-corrected chi connectivity index (χ4v) is 1.83. The second kappa shape index (κ2) is 3.80. The molecule has 90 valence electrons. The van der Waals surface area contributed by atoms with Gasteiger partial charge in [-0.05, 0) is 18.2 Å². The van der Waals surface area contributed by atoms with Gasteiger partial charge in [-0.25, -0.2) is 13.8 Å². The van der Waals surface area contributed by atoms with E-state index in [1.165, 1.54) is 6.07 Å². The van der Waals surface area contributed by atoms with Crippen LogP contribution < -0.4 is 5.73 Å². The number of para-hydroxylation sites is 2. The predicted molar refractivity (Wildman–Crippen MR) is 65.9 cm³/mol. The zero-order valence-corrected chi connectivity index (χ0v) is 9.24. The third kappa shape index (κ3) is 1.60. The number of aromatic amines is 1. The Bertz CT molecular complexity index is 701. The molecular weight excluding hydrogens is 236 g/mol. The van der Waals surface area contributed by atoms with Crippen LogP contribution in [0.25, 0.3) is 22.4 Å². The van der Waals surface area contributed by atoms with Gasteiger partial charge in [0, 0.05) is 6.07 Å². The van der Waals surface area contributed by atoms with Gasteiger partial charge in [-0.15, -0.1) is 0 Å². The Hall–Kier alpha value is -2.43. The van der Waals surface area contributed by atoms with E-state index in [0.29, 0.717) is 5.82 Å². The van der Waals surface area contributed by atoms with E-state index in [0.717, 1.165) is 17.1 Å². The first kappa shape index (κ1) is 10.7. The highest BCUT2D eigenvalue weighted by molar-refractivity contribution is 5.79. The number of benzene rings is 2. The van der Waals surface area contributed by atoms with E-state index in [2.05, 4.69) is 9.97 Å². The number of fused-ring (bicyclic) bond motifs is 1. The average molecular weight is 245 g/mol. The third-order valence-electron chi connectivity index (χ3n) is 2.73. The number of nitrogen functional groups attached to an aromatic ring is 1. The summed E-state index contributed by atoms with van der Waals surface area (Å²) in [6.07, 6.45) is 0. The summed E-state index contributed by atoms with van der Waals surface area (Å²) in [6.45, 7) is 0. The number of aromatic nitrogens is 2. The Balaban J connectivity index is 2.22. The number of hydrogen-bond acceptors (Lipinski definition) is 2. The number of nitrogens with one attached hydrogen (secondary N) is 1. The van der Waals surface area contributed by atoms with Crippen LogP contribution in [0.1, 0.15) is 0 Å². The molecule has 1 aromatic heterocycles. The van der Waals surface area contributed by atoms with Gasteiger partial charge in [0.25, 0.3) is 0 Å². The number of H-pyrrole nitrogens is 1. The molecule has 3 rings (SSSR count). The topological polar surface area (TPSA) is 54.7 Å². The highest BCUT2D eigenvalue weighted by Crippen LogP contribution is 2.26. The van der Waals surface area contributed by atoms with Gasteiger partial charge < -0.3 is 10.7 Å². The third-order valence-corrected chi connectivity index (χ3v) is 2.73. The lowest BCUT2D eigenvalue weighted by Crippen LogP contribution is -1.95. The largest absolute Gasteiger partial charge is 0.396 e. The minimum atomic E-state index is -0.771. The van der Waals surface area contributed by atoms with Crippen LogP contribution in [0.15, 0.2) is 36.4 Å². The Labute approximate surface area is 101 Å². The van der Waals surface area contributed by atoms with Crippen molar-refractivity contribution in [2.75, 3.05) is 5.73 Å². The van der Waals surface area contributed by atoms with E-state index in [1.807, 2.05) is 18.2 Å². The van der Waals surface area contributed by atoms with Gasteiger partial charge in [-0.1, -0.05) is 12.1 Å². The number of rotatable bonds is 1. The summed E-state index contributed by atoms with van der Waals surface area (Å²) in [5.41, 5.74) is 6.99. The van der Waals surface area contributed by atoms with Crippen molar-refractivity contribution in [1.29, 1.82) is 0 Å². The van der Waals surface area contributed by atoms with Crippen LogP contribution in [-0.4, -0.2) is 9.97 Å². The Morgan fingerprint density at radius 1 is 1.06 bits per heavy atom. The number of hydrogen-bond donors (Lipinski definition) is 2. The minimum Gasteiger partial charge on any atom is -0.396 e. The van der Waals surface area contributed by atoms with Crippen molar-refractivity contribution in [3.05, 3.63) is 48.0 Å². The molecule has 0 aliphatic heterocycles. The molecule has 0 amide bonds. The molecule has 2 aromatic carbocycles. The van der Waals surface area contributed by atoms with Crippen LogP contribution in [0.2, 0.25) is 0 Å². The average Bonchev–Trinajstić information content (AvgIpc) is 2.77. The second-order valence-corrected chi connectivity index (χ2v) is 3.96. The maximum Gasteiger partial charge on any atom is 0.149 e. The first-order chi connectivity index (χ1) is 8.65. The van der Waals surface area contributed by atoms with Crippen molar-refractivity contribution in [3.8, 4) is 11.4 Å². The standard InChI is InChI=1S/C13H9F2N3/c14-8-6-9(15)10(16)5-7(8)13-17-11-3-1-2-4-12(11)18-13/h1-6H,16H2,(H,17,18). The first-order valence-electron chi connectivity index (χ1n) is 5.35. The zero-order chi connectivity index (χ0) is 12.7. The van der Waals surface area contributed by atoms with Crippen LogP contribution in [0, 0.1) is 11.6 Å². The number of imidazole rings is 1. The molecule has 3 N–H and O–H groups in total. The van der Waals surface area contributed by atoms with Gasteiger partial charge in [-0.2, -0.15) is 0 Å². The molecule has 0 spiro atoms. The van der Waals surface area contributed by atoms with Crippen LogP contribution in [0.3, 0.4) is 0 Å². The van der Waals surface area contributed by atoms with Gasteiger partial charge in [0.05, 0.1) is 22.3 Å². The molecule has 0 unspecified atom stereocenters. The Morgan fingerprint density at radius 3 is 2.61 bits per heavy atom. The van der Waals surface area contributed by atoms with Crippen molar-refractivity contribution in [2.45, 2.75) is 0 Å². The summed E-state index contributed by atoms with van der Waals surface area (Å²) in [4.78, 5) is 7.21. The van der Waals surface area contributed by atoms with Crippen molar-refractivity contribution in [3.63, 3.8) is 0 Å². The number of anilines is 1. The molecule has 3 aromatic rings. The van der Waals surface area contributed by atoms with Gasteiger partial charge in [-0.3, -0.25) is 0 Å². The molecular formula is C13H9F2N3. The molecule has 18 heavy (non-hydrogen) atoms. The lowest BCUT2D eigenvalue weighted by atomic mass is 10.1. The van der Waals surface area contributed by atoms with Gasteiger partial charge >= 0.3 is 0 Å². The smallest absolute Gasteiger partial charge is 0.149 e. The minimum absolute atomic E-state index is 0.105. The molecule has 0 saturated heterocycles. The van der Waals surface area contributed by atoms with E-state index in [9.17, 15) is 8.78 Å². The normalized spacial score (nSPS) is 11.0. The Kier molecular flexibility index (Phi) is 2.26. The van der Waals surface area contributed by atoms with E-state index in [-0.39, 0.29) is 11.3 Å². The molecule has 5 heteroatoms. The SMILES string of the molecule is Nc1cc(-c2nc3ccccc3[nH]2)c(F)cc1F. The van der Waals surface area contributed by atoms with Crippen LogP contribution in [0.5, 0.6) is 0 Å². The molecule has 0 saturated carbocycles. The van der Waals surface area contributed by atoms with Crippen LogP contribution in [0.4, 0.5) is 14.5 Å². The maximum absolute atomic E-state index is 13.7. The molecule has 1 heterocycles. The number of halogens is 2. The fourth-order valence-electron chi connectivity index (χ4n) is 1.83. The summed E-state index contributed by atoms with van der Waals surface area (Å²) >= 11 is 0. The second-order valence-electron chi connectivity index (χ2n) is 3.96. The maximum atomic E-state index is 13.7. The monoisotopic (exact) mass is 245 g/mol.